The molecule has 1 aliphatic heterocycles. The summed E-state index contributed by atoms with van der Waals surface area (Å²) in [6.07, 6.45) is -4.45. The Morgan fingerprint density at radius 2 is 1.59 bits per heavy atom. The molecule has 0 spiro atoms. The molecule has 1 fully saturated rings. The highest BCUT2D eigenvalue weighted by Crippen LogP contribution is 2.30. The molecule has 4 rings (SSSR count). The van der Waals surface area contributed by atoms with Crippen LogP contribution in [0, 0.1) is 5.82 Å². The summed E-state index contributed by atoms with van der Waals surface area (Å²) >= 11 is 1.30. The first kappa shape index (κ1) is 26.7. The van der Waals surface area contributed by atoms with Gasteiger partial charge in [0.15, 0.2) is 0 Å². The fourth-order valence-electron chi connectivity index (χ4n) is 4.18. The molecular weight excluding hydrogens is 508 g/mol. The predicted octanol–water partition coefficient (Wildman–Crippen LogP) is 4.81. The lowest BCUT2D eigenvalue weighted by Gasteiger charge is -2.33. The summed E-state index contributed by atoms with van der Waals surface area (Å²) < 4.78 is 53.0. The minimum atomic E-state index is -4.45. The third kappa shape index (κ3) is 7.14. The van der Waals surface area contributed by atoms with Crippen LogP contribution in [0.5, 0.6) is 0 Å². The first-order chi connectivity index (χ1) is 17.6. The van der Waals surface area contributed by atoms with Gasteiger partial charge in [-0.25, -0.2) is 9.37 Å². The van der Waals surface area contributed by atoms with Gasteiger partial charge in [-0.05, 0) is 29.3 Å². The largest absolute Gasteiger partial charge is 0.416 e. The molecule has 6 nitrogen and oxygen atoms in total. The van der Waals surface area contributed by atoms with Crippen molar-refractivity contribution in [2.24, 2.45) is 0 Å². The minimum absolute atomic E-state index is 0.0231. The normalized spacial score (nSPS) is 14.3. The predicted molar refractivity (Wildman–Crippen MR) is 131 cm³/mol. The van der Waals surface area contributed by atoms with Gasteiger partial charge in [0.05, 0.1) is 12.1 Å². The molecule has 1 aromatic heterocycles. The number of aromatic nitrogens is 1. The van der Waals surface area contributed by atoms with E-state index in [-0.39, 0.29) is 24.2 Å². The van der Waals surface area contributed by atoms with Gasteiger partial charge in [0.1, 0.15) is 16.5 Å². The average molecular weight is 535 g/mol. The molecule has 0 atom stereocenters. The third-order valence-electron chi connectivity index (χ3n) is 6.12. The topological polar surface area (TPSA) is 56.8 Å². The van der Waals surface area contributed by atoms with E-state index in [4.69, 9.17) is 0 Å². The van der Waals surface area contributed by atoms with Crippen LogP contribution in [0.3, 0.4) is 0 Å². The van der Waals surface area contributed by atoms with Crippen LogP contribution in [-0.2, 0) is 30.6 Å². The molecule has 1 saturated heterocycles. The van der Waals surface area contributed by atoms with Crippen molar-refractivity contribution in [2.45, 2.75) is 32.7 Å². The quantitative estimate of drug-likeness (QED) is 0.409. The lowest BCUT2D eigenvalue weighted by Crippen LogP contribution is -2.50. The molecule has 0 saturated carbocycles. The van der Waals surface area contributed by atoms with Crippen molar-refractivity contribution in [3.8, 4) is 0 Å². The average Bonchev–Trinajstić information content (AvgIpc) is 3.33. The summed E-state index contributed by atoms with van der Waals surface area (Å²) in [6.45, 7) is 4.16. The Hall–Kier alpha value is -3.31. The van der Waals surface area contributed by atoms with Gasteiger partial charge in [-0.2, -0.15) is 13.2 Å². The summed E-state index contributed by atoms with van der Waals surface area (Å²) in [4.78, 5) is 34.2. The maximum Gasteiger partial charge on any atom is 0.416 e. The second-order valence-corrected chi connectivity index (χ2v) is 9.84. The van der Waals surface area contributed by atoms with Crippen LogP contribution in [0.2, 0.25) is 0 Å². The number of hydrogen-bond donors (Lipinski definition) is 0. The van der Waals surface area contributed by atoms with Crippen molar-refractivity contribution in [1.82, 2.24) is 19.7 Å². The highest BCUT2D eigenvalue weighted by atomic mass is 32.1. The van der Waals surface area contributed by atoms with Crippen LogP contribution in [-0.4, -0.2) is 57.7 Å². The fraction of sp³-hybridized carbons (Fsp3) is 0.346. The van der Waals surface area contributed by atoms with Crippen LogP contribution < -0.4 is 0 Å². The van der Waals surface area contributed by atoms with Crippen molar-refractivity contribution in [1.29, 1.82) is 0 Å². The highest BCUT2D eigenvalue weighted by molar-refractivity contribution is 7.09. The highest BCUT2D eigenvalue weighted by Gasteiger charge is 2.30. The number of benzene rings is 2. The molecular formula is C26H26F4N4O2S. The van der Waals surface area contributed by atoms with Gasteiger partial charge in [0, 0.05) is 51.6 Å². The number of thiazole rings is 1. The number of alkyl halides is 3. The summed E-state index contributed by atoms with van der Waals surface area (Å²) in [5.74, 6) is -0.612. The van der Waals surface area contributed by atoms with E-state index in [1.54, 1.807) is 33.4 Å². The molecule has 0 aliphatic carbocycles. The lowest BCUT2D eigenvalue weighted by atomic mass is 10.1. The van der Waals surface area contributed by atoms with Crippen LogP contribution in [0.1, 0.15) is 39.1 Å². The second-order valence-electron chi connectivity index (χ2n) is 8.89. The molecule has 0 radical (unpaired) electrons. The van der Waals surface area contributed by atoms with Crippen molar-refractivity contribution >= 4 is 23.2 Å². The maximum absolute atomic E-state index is 13.4. The van der Waals surface area contributed by atoms with Crippen molar-refractivity contribution in [3.05, 3.63) is 87.1 Å². The molecule has 2 aromatic carbocycles. The summed E-state index contributed by atoms with van der Waals surface area (Å²) in [5.41, 5.74) is 0.855. The van der Waals surface area contributed by atoms with Gasteiger partial charge in [-0.15, -0.1) is 11.3 Å². The smallest absolute Gasteiger partial charge is 0.339 e. The molecule has 196 valence electrons. The molecule has 0 N–H and O–H groups in total. The van der Waals surface area contributed by atoms with E-state index in [0.29, 0.717) is 55.5 Å². The van der Waals surface area contributed by atoms with Crippen LogP contribution in [0.15, 0.2) is 53.9 Å². The molecule has 11 heteroatoms. The van der Waals surface area contributed by atoms with E-state index in [1.165, 1.54) is 36.5 Å². The van der Waals surface area contributed by atoms with Crippen molar-refractivity contribution in [2.75, 3.05) is 26.2 Å². The van der Waals surface area contributed by atoms with Gasteiger partial charge < -0.3 is 9.80 Å². The van der Waals surface area contributed by atoms with E-state index >= 15 is 0 Å². The van der Waals surface area contributed by atoms with Gasteiger partial charge in [0.25, 0.3) is 5.91 Å². The van der Waals surface area contributed by atoms with Crippen LogP contribution in [0.4, 0.5) is 17.6 Å². The van der Waals surface area contributed by atoms with E-state index in [2.05, 4.69) is 4.98 Å². The van der Waals surface area contributed by atoms with E-state index in [9.17, 15) is 27.2 Å². The van der Waals surface area contributed by atoms with Gasteiger partial charge in [0.2, 0.25) is 5.91 Å². The third-order valence-corrected chi connectivity index (χ3v) is 6.96. The van der Waals surface area contributed by atoms with Gasteiger partial charge in [-0.1, -0.05) is 30.3 Å². The molecule has 0 unspecified atom stereocenters. The van der Waals surface area contributed by atoms with Gasteiger partial charge >= 0.3 is 6.18 Å². The number of amides is 2. The summed E-state index contributed by atoms with van der Waals surface area (Å²) in [6, 6.07) is 11.1. The van der Waals surface area contributed by atoms with E-state index < -0.39 is 11.7 Å². The minimum Gasteiger partial charge on any atom is -0.339 e. The molecule has 0 bridgehead atoms. The standard InChI is InChI=1S/C26H26F4N4O2S/c1-18(35)33-9-11-34(12-10-33)25(36)23-17-37-24(31-23)16-32(14-19-5-7-22(27)8-6-19)15-20-3-2-4-21(13-20)26(28,29)30/h2-8,13,17H,9-12,14-16H2,1H3. The van der Waals surface area contributed by atoms with Gasteiger partial charge in [-0.3, -0.25) is 14.5 Å². The first-order valence-corrected chi connectivity index (χ1v) is 12.6. The Morgan fingerprint density at radius 3 is 2.24 bits per heavy atom. The zero-order valence-corrected chi connectivity index (χ0v) is 21.0. The Labute approximate surface area is 216 Å². The number of hydrogen-bond acceptors (Lipinski definition) is 5. The van der Waals surface area contributed by atoms with E-state index in [0.717, 1.165) is 17.7 Å². The van der Waals surface area contributed by atoms with Crippen molar-refractivity contribution in [3.63, 3.8) is 0 Å². The summed E-state index contributed by atoms with van der Waals surface area (Å²) in [7, 11) is 0. The maximum atomic E-state index is 13.4. The Balaban J connectivity index is 1.48. The Kier molecular flexibility index (Phi) is 8.23. The molecule has 1 aliphatic rings. The molecule has 3 aromatic rings. The number of halogens is 4. The number of carbonyl (C=O) groups is 2. The lowest BCUT2D eigenvalue weighted by molar-refractivity contribution is -0.137. The second kappa shape index (κ2) is 11.4. The summed E-state index contributed by atoms with van der Waals surface area (Å²) in [5, 5.41) is 2.31. The number of piperazine rings is 1. The van der Waals surface area contributed by atoms with E-state index in [1.807, 2.05) is 4.90 Å². The van der Waals surface area contributed by atoms with Crippen LogP contribution in [0.25, 0.3) is 0 Å². The molecule has 2 heterocycles. The Bertz CT molecular complexity index is 1240. The molecule has 37 heavy (non-hydrogen) atoms. The monoisotopic (exact) mass is 534 g/mol. The zero-order valence-electron chi connectivity index (χ0n) is 20.2. The number of rotatable bonds is 7. The van der Waals surface area contributed by atoms with Crippen molar-refractivity contribution < 1.29 is 27.2 Å². The Morgan fingerprint density at radius 1 is 0.946 bits per heavy atom. The SMILES string of the molecule is CC(=O)N1CCN(C(=O)c2csc(CN(Cc3ccc(F)cc3)Cc3cccc(C(F)(F)F)c3)n2)CC1. The fourth-order valence-corrected chi connectivity index (χ4v) is 4.99. The number of carbonyl (C=O) groups excluding carboxylic acids is 2. The zero-order chi connectivity index (χ0) is 26.6. The first-order valence-electron chi connectivity index (χ1n) is 11.7. The number of nitrogens with zero attached hydrogens (tertiary/aromatic N) is 4. The van der Waals surface area contributed by atoms with Crippen LogP contribution >= 0.6 is 11.3 Å². The molecule has 2 amide bonds.